The summed E-state index contributed by atoms with van der Waals surface area (Å²) in [6, 6.07) is 2.50. The number of nitrogens with zero attached hydrogens (tertiary/aromatic N) is 1. The van der Waals surface area contributed by atoms with Crippen LogP contribution in [0.2, 0.25) is 15.1 Å². The minimum absolute atomic E-state index is 0.0123. The van der Waals surface area contributed by atoms with E-state index < -0.39 is 16.0 Å². The number of hydrogen-bond acceptors (Lipinski definition) is 5. The number of rotatable bonds is 5. The molecule has 0 aliphatic heterocycles. The third-order valence-corrected chi connectivity index (χ3v) is 5.75. The van der Waals surface area contributed by atoms with Gasteiger partial charge in [0.25, 0.3) is 10.0 Å². The molecule has 0 unspecified atom stereocenters. The fourth-order valence-corrected chi connectivity index (χ4v) is 5.05. The number of aliphatic carboxylic acids is 1. The van der Waals surface area contributed by atoms with Gasteiger partial charge in [0.05, 0.1) is 22.2 Å². The third kappa shape index (κ3) is 4.02. The van der Waals surface area contributed by atoms with Crippen LogP contribution in [0.1, 0.15) is 5.69 Å². The fourth-order valence-electron chi connectivity index (χ4n) is 1.54. The van der Waals surface area contributed by atoms with Crippen LogP contribution in [0.25, 0.3) is 0 Å². The molecule has 6 nitrogen and oxygen atoms in total. The van der Waals surface area contributed by atoms with Crippen molar-refractivity contribution in [2.75, 3.05) is 4.72 Å². The first-order valence-electron chi connectivity index (χ1n) is 5.52. The highest BCUT2D eigenvalue weighted by molar-refractivity contribution is 7.93. The second kappa shape index (κ2) is 6.59. The molecule has 2 rings (SSSR count). The first kappa shape index (κ1) is 17.3. The van der Waals surface area contributed by atoms with Crippen LogP contribution >= 0.6 is 46.1 Å². The molecule has 0 aliphatic rings. The fraction of sp³-hybridized carbons (Fsp3) is 0.0909. The monoisotopic (exact) mass is 400 g/mol. The highest BCUT2D eigenvalue weighted by Crippen LogP contribution is 2.34. The third-order valence-electron chi connectivity index (χ3n) is 2.34. The summed E-state index contributed by atoms with van der Waals surface area (Å²) in [5, 5.41) is 10.1. The number of halogens is 3. The van der Waals surface area contributed by atoms with Gasteiger partial charge >= 0.3 is 5.97 Å². The molecule has 2 N–H and O–H groups in total. The first-order chi connectivity index (χ1) is 10.2. The number of carboxylic acids is 1. The summed E-state index contributed by atoms with van der Waals surface area (Å²) < 4.78 is 26.8. The van der Waals surface area contributed by atoms with Crippen LogP contribution < -0.4 is 4.72 Å². The number of sulfonamides is 1. The van der Waals surface area contributed by atoms with Crippen LogP contribution in [0, 0.1) is 0 Å². The number of aromatic nitrogens is 1. The zero-order valence-electron chi connectivity index (χ0n) is 10.5. The highest BCUT2D eigenvalue weighted by atomic mass is 35.5. The van der Waals surface area contributed by atoms with E-state index in [0.29, 0.717) is 0 Å². The number of benzene rings is 1. The molecular weight excluding hydrogens is 395 g/mol. The van der Waals surface area contributed by atoms with E-state index in [4.69, 9.17) is 39.9 Å². The van der Waals surface area contributed by atoms with Crippen LogP contribution in [0.15, 0.2) is 22.4 Å². The van der Waals surface area contributed by atoms with Crippen LogP contribution in [0.4, 0.5) is 5.13 Å². The van der Waals surface area contributed by atoms with Crippen LogP contribution in [-0.2, 0) is 21.2 Å². The lowest BCUT2D eigenvalue weighted by Gasteiger charge is -2.09. The molecule has 1 aromatic heterocycles. The van der Waals surface area contributed by atoms with E-state index in [0.717, 1.165) is 11.3 Å². The lowest BCUT2D eigenvalue weighted by molar-refractivity contribution is -0.136. The van der Waals surface area contributed by atoms with Gasteiger partial charge in [-0.2, -0.15) is 0 Å². The van der Waals surface area contributed by atoms with Gasteiger partial charge in [0, 0.05) is 10.4 Å². The Bertz CT molecular complexity index is 813. The van der Waals surface area contributed by atoms with Crippen molar-refractivity contribution >= 4 is 67.3 Å². The lowest BCUT2D eigenvalue weighted by atomic mass is 10.3. The summed E-state index contributed by atoms with van der Waals surface area (Å²) in [7, 11) is -4.08. The van der Waals surface area contributed by atoms with E-state index >= 15 is 0 Å². The second-order valence-electron chi connectivity index (χ2n) is 4.02. The molecule has 0 fully saturated rings. The minimum atomic E-state index is -4.08. The molecule has 22 heavy (non-hydrogen) atoms. The Morgan fingerprint density at radius 3 is 2.41 bits per heavy atom. The molecule has 11 heteroatoms. The molecule has 1 aromatic carbocycles. The SMILES string of the molecule is O=C(O)Cc1csc(NS(=O)(=O)c2c(Cl)cc(Cl)cc2Cl)n1. The normalized spacial score (nSPS) is 11.4. The van der Waals surface area contributed by atoms with Crippen molar-refractivity contribution in [1.82, 2.24) is 4.98 Å². The molecule has 0 radical (unpaired) electrons. The maximum absolute atomic E-state index is 12.3. The number of thiazole rings is 1. The van der Waals surface area contributed by atoms with Gasteiger partial charge in [-0.3, -0.25) is 9.52 Å². The summed E-state index contributed by atoms with van der Waals surface area (Å²) in [5.41, 5.74) is 0.239. The number of nitrogens with one attached hydrogen (secondary N) is 1. The van der Waals surface area contributed by atoms with E-state index in [1.807, 2.05) is 0 Å². The van der Waals surface area contributed by atoms with Crippen molar-refractivity contribution in [1.29, 1.82) is 0 Å². The quantitative estimate of drug-likeness (QED) is 0.799. The number of hydrogen-bond donors (Lipinski definition) is 2. The van der Waals surface area contributed by atoms with Gasteiger partial charge in [-0.15, -0.1) is 11.3 Å². The van der Waals surface area contributed by atoms with Crippen molar-refractivity contribution in [2.45, 2.75) is 11.3 Å². The van der Waals surface area contributed by atoms with E-state index in [1.54, 1.807) is 0 Å². The Balaban J connectivity index is 2.32. The van der Waals surface area contributed by atoms with Gasteiger partial charge in [0.2, 0.25) is 0 Å². The average molecular weight is 402 g/mol. The zero-order chi connectivity index (χ0) is 16.5. The van der Waals surface area contributed by atoms with Gasteiger partial charge in [0.1, 0.15) is 4.90 Å². The van der Waals surface area contributed by atoms with Gasteiger partial charge in [-0.1, -0.05) is 34.8 Å². The molecule has 0 aliphatic carbocycles. The van der Waals surface area contributed by atoms with Crippen molar-refractivity contribution in [2.24, 2.45) is 0 Å². The molecule has 0 saturated heterocycles. The van der Waals surface area contributed by atoms with Gasteiger partial charge in [-0.05, 0) is 12.1 Å². The molecule has 2 aromatic rings. The summed E-state index contributed by atoms with van der Waals surface area (Å²) in [6.45, 7) is 0. The van der Waals surface area contributed by atoms with Gasteiger partial charge in [-0.25, -0.2) is 13.4 Å². The van der Waals surface area contributed by atoms with Crippen molar-refractivity contribution in [3.63, 3.8) is 0 Å². The lowest BCUT2D eigenvalue weighted by Crippen LogP contribution is -2.14. The maximum atomic E-state index is 12.3. The largest absolute Gasteiger partial charge is 0.481 e. The summed E-state index contributed by atoms with van der Waals surface area (Å²) in [4.78, 5) is 14.1. The Morgan fingerprint density at radius 1 is 1.27 bits per heavy atom. The summed E-state index contributed by atoms with van der Waals surface area (Å²) >= 11 is 18.4. The number of carboxylic acid groups (broad SMARTS) is 1. The topological polar surface area (TPSA) is 96.4 Å². The van der Waals surface area contributed by atoms with E-state index in [2.05, 4.69) is 9.71 Å². The second-order valence-corrected chi connectivity index (χ2v) is 7.75. The van der Waals surface area contributed by atoms with Crippen LogP contribution in [-0.4, -0.2) is 24.5 Å². The Morgan fingerprint density at radius 2 is 1.86 bits per heavy atom. The maximum Gasteiger partial charge on any atom is 0.309 e. The number of carbonyl (C=O) groups is 1. The Hall–Kier alpha value is -1.06. The first-order valence-corrected chi connectivity index (χ1v) is 9.02. The highest BCUT2D eigenvalue weighted by Gasteiger charge is 2.24. The predicted molar refractivity (Wildman–Crippen MR) is 85.7 cm³/mol. The molecule has 0 bridgehead atoms. The van der Waals surface area contributed by atoms with Gasteiger partial charge in [0.15, 0.2) is 5.13 Å². The predicted octanol–water partition coefficient (Wildman–Crippen LogP) is 3.53. The number of anilines is 1. The van der Waals surface area contributed by atoms with E-state index in [1.165, 1.54) is 17.5 Å². The molecular formula is C11H7Cl3N2O4S2. The molecule has 0 amide bonds. The Kier molecular flexibility index (Phi) is 5.18. The van der Waals surface area contributed by atoms with Crippen LogP contribution in [0.5, 0.6) is 0 Å². The molecule has 0 atom stereocenters. The zero-order valence-corrected chi connectivity index (χ0v) is 14.4. The van der Waals surface area contributed by atoms with Crippen molar-refractivity contribution < 1.29 is 18.3 Å². The summed E-state index contributed by atoms with van der Waals surface area (Å²) in [6.07, 6.45) is -0.305. The molecule has 118 valence electrons. The van der Waals surface area contributed by atoms with E-state index in [-0.39, 0.29) is 37.2 Å². The smallest absolute Gasteiger partial charge is 0.309 e. The van der Waals surface area contributed by atoms with Crippen molar-refractivity contribution in [3.8, 4) is 0 Å². The Labute approximate surface area is 144 Å². The van der Waals surface area contributed by atoms with Gasteiger partial charge < -0.3 is 5.11 Å². The van der Waals surface area contributed by atoms with Crippen molar-refractivity contribution in [3.05, 3.63) is 38.3 Å². The summed E-state index contributed by atoms with van der Waals surface area (Å²) in [5.74, 6) is -1.07. The standard InChI is InChI=1S/C11H7Cl3N2O4S2/c12-5-1-7(13)10(8(14)2-5)22(19,20)16-11-15-6(4-21-11)3-9(17)18/h1-2,4H,3H2,(H,15,16)(H,17,18). The minimum Gasteiger partial charge on any atom is -0.481 e. The average Bonchev–Trinajstić information content (AvgIpc) is 2.72. The molecule has 0 spiro atoms. The molecule has 1 heterocycles. The van der Waals surface area contributed by atoms with Crippen LogP contribution in [0.3, 0.4) is 0 Å². The van der Waals surface area contributed by atoms with E-state index in [9.17, 15) is 13.2 Å². The molecule has 0 saturated carbocycles.